The van der Waals surface area contributed by atoms with Crippen molar-refractivity contribution < 1.29 is 28.0 Å². The molecular formula is C18H28N3O5S+. The van der Waals surface area contributed by atoms with Gasteiger partial charge in [-0.25, -0.2) is 8.42 Å². The third kappa shape index (κ3) is 5.26. The highest BCUT2D eigenvalue weighted by molar-refractivity contribution is 7.89. The number of nitrogens with two attached hydrogens (primary N) is 1. The second-order valence-electron chi connectivity index (χ2n) is 6.93. The van der Waals surface area contributed by atoms with E-state index in [9.17, 15) is 13.2 Å². The molecule has 0 bridgehead atoms. The van der Waals surface area contributed by atoms with Crippen molar-refractivity contribution in [2.24, 2.45) is 0 Å². The van der Waals surface area contributed by atoms with Gasteiger partial charge < -0.3 is 20.1 Å². The van der Waals surface area contributed by atoms with E-state index in [2.05, 4.69) is 5.32 Å². The van der Waals surface area contributed by atoms with Crippen LogP contribution in [0, 0.1) is 0 Å². The summed E-state index contributed by atoms with van der Waals surface area (Å²) in [5.41, 5.74) is 0.478. The Balaban J connectivity index is 1.60. The fourth-order valence-corrected chi connectivity index (χ4v) is 4.67. The third-order valence-corrected chi connectivity index (χ3v) is 6.79. The van der Waals surface area contributed by atoms with Gasteiger partial charge in [0, 0.05) is 25.4 Å². The van der Waals surface area contributed by atoms with E-state index in [0.717, 1.165) is 26.0 Å². The van der Waals surface area contributed by atoms with E-state index in [-0.39, 0.29) is 22.9 Å². The van der Waals surface area contributed by atoms with Gasteiger partial charge in [-0.1, -0.05) is 6.07 Å². The zero-order chi connectivity index (χ0) is 19.3. The maximum atomic E-state index is 12.7. The minimum Gasteiger partial charge on any atom is -0.379 e. The first kappa shape index (κ1) is 20.2. The van der Waals surface area contributed by atoms with Crippen molar-refractivity contribution in [2.75, 3.05) is 44.8 Å². The summed E-state index contributed by atoms with van der Waals surface area (Å²) in [4.78, 5) is 12.6. The van der Waals surface area contributed by atoms with Gasteiger partial charge in [0.2, 0.25) is 10.0 Å². The molecule has 1 amide bonds. The van der Waals surface area contributed by atoms with Crippen LogP contribution < -0.4 is 10.6 Å². The number of benzene rings is 1. The standard InChI is InChI=1S/C18H27N3O5S/c1-14(19-13-16-5-3-9-26-16)18(22)20-15-4-2-6-17(12-15)27(23,24)21-7-10-25-11-8-21/h2,4,6,12,14,16,19H,3,5,7-11,13H2,1H3,(H,20,22)/p+1/t14-,16+/m1/s1. The molecule has 1 aromatic carbocycles. The third-order valence-electron chi connectivity index (χ3n) is 4.90. The Morgan fingerprint density at radius 3 is 2.81 bits per heavy atom. The number of carbonyl (C=O) groups is 1. The number of morpholine rings is 1. The molecule has 27 heavy (non-hydrogen) atoms. The first-order chi connectivity index (χ1) is 13.0. The van der Waals surface area contributed by atoms with Crippen molar-refractivity contribution in [3.05, 3.63) is 24.3 Å². The van der Waals surface area contributed by atoms with Crippen LogP contribution in [0.1, 0.15) is 19.8 Å². The van der Waals surface area contributed by atoms with Crippen LogP contribution in [0.3, 0.4) is 0 Å². The van der Waals surface area contributed by atoms with Crippen molar-refractivity contribution in [3.8, 4) is 0 Å². The molecule has 0 radical (unpaired) electrons. The van der Waals surface area contributed by atoms with E-state index in [0.29, 0.717) is 32.0 Å². The van der Waals surface area contributed by atoms with Gasteiger partial charge in [-0.2, -0.15) is 4.31 Å². The second kappa shape index (κ2) is 9.11. The van der Waals surface area contributed by atoms with E-state index in [4.69, 9.17) is 9.47 Å². The van der Waals surface area contributed by atoms with Crippen molar-refractivity contribution >= 4 is 21.6 Å². The zero-order valence-corrected chi connectivity index (χ0v) is 16.4. The van der Waals surface area contributed by atoms with Crippen LogP contribution in [0.5, 0.6) is 0 Å². The lowest BCUT2D eigenvalue weighted by atomic mass is 10.2. The molecule has 3 N–H and O–H groups in total. The molecule has 0 aliphatic carbocycles. The van der Waals surface area contributed by atoms with Gasteiger partial charge in [-0.05, 0) is 38.0 Å². The topological polar surface area (TPSA) is 102 Å². The molecular weight excluding hydrogens is 370 g/mol. The monoisotopic (exact) mass is 398 g/mol. The number of ether oxygens (including phenoxy) is 2. The van der Waals surface area contributed by atoms with Crippen molar-refractivity contribution in [1.82, 2.24) is 4.31 Å². The zero-order valence-electron chi connectivity index (χ0n) is 15.6. The maximum Gasteiger partial charge on any atom is 0.282 e. The Hall–Kier alpha value is -1.52. The highest BCUT2D eigenvalue weighted by Crippen LogP contribution is 2.20. The van der Waals surface area contributed by atoms with Crippen LogP contribution >= 0.6 is 0 Å². The van der Waals surface area contributed by atoms with Gasteiger partial charge >= 0.3 is 0 Å². The number of carbonyl (C=O) groups excluding carboxylic acids is 1. The van der Waals surface area contributed by atoms with Gasteiger partial charge in [0.05, 0.1) is 18.1 Å². The number of amides is 1. The van der Waals surface area contributed by atoms with Crippen LogP contribution in [0.25, 0.3) is 0 Å². The smallest absolute Gasteiger partial charge is 0.282 e. The average Bonchev–Trinajstić information content (AvgIpc) is 3.20. The molecule has 2 heterocycles. The number of sulfonamides is 1. The summed E-state index contributed by atoms with van der Waals surface area (Å²) in [5.74, 6) is -0.158. The van der Waals surface area contributed by atoms with E-state index in [1.807, 2.05) is 12.2 Å². The number of hydrogen-bond acceptors (Lipinski definition) is 5. The normalized spacial score (nSPS) is 22.5. The summed E-state index contributed by atoms with van der Waals surface area (Å²) in [6, 6.07) is 6.11. The van der Waals surface area contributed by atoms with Gasteiger partial charge in [-0.15, -0.1) is 0 Å². The molecule has 2 fully saturated rings. The lowest BCUT2D eigenvalue weighted by molar-refractivity contribution is -0.678. The molecule has 2 saturated heterocycles. The summed E-state index contributed by atoms with van der Waals surface area (Å²) in [6.45, 7) is 4.85. The van der Waals surface area contributed by atoms with Crippen molar-refractivity contribution in [2.45, 2.75) is 36.8 Å². The Morgan fingerprint density at radius 2 is 2.11 bits per heavy atom. The van der Waals surface area contributed by atoms with Crippen molar-refractivity contribution in [1.29, 1.82) is 0 Å². The largest absolute Gasteiger partial charge is 0.379 e. The Morgan fingerprint density at radius 1 is 1.33 bits per heavy atom. The summed E-state index contributed by atoms with van der Waals surface area (Å²) < 4.78 is 37.7. The molecule has 0 aromatic heterocycles. The van der Waals surface area contributed by atoms with E-state index < -0.39 is 10.0 Å². The van der Waals surface area contributed by atoms with Gasteiger partial charge in [0.1, 0.15) is 12.6 Å². The Labute approximate surface area is 160 Å². The van der Waals surface area contributed by atoms with Crippen LogP contribution in [0.4, 0.5) is 5.69 Å². The number of quaternary nitrogens is 1. The van der Waals surface area contributed by atoms with E-state index in [1.165, 1.54) is 10.4 Å². The molecule has 0 unspecified atom stereocenters. The molecule has 9 heteroatoms. The fourth-order valence-electron chi connectivity index (χ4n) is 3.22. The highest BCUT2D eigenvalue weighted by Gasteiger charge is 2.27. The Bertz CT molecular complexity index is 743. The number of rotatable bonds is 7. The second-order valence-corrected chi connectivity index (χ2v) is 8.87. The molecule has 1 aromatic rings. The molecule has 0 spiro atoms. The molecule has 8 nitrogen and oxygen atoms in total. The van der Waals surface area contributed by atoms with Gasteiger partial charge in [0.25, 0.3) is 5.91 Å². The lowest BCUT2D eigenvalue weighted by Crippen LogP contribution is -2.93. The van der Waals surface area contributed by atoms with E-state index >= 15 is 0 Å². The molecule has 0 saturated carbocycles. The minimum atomic E-state index is -3.58. The summed E-state index contributed by atoms with van der Waals surface area (Å²) in [7, 11) is -3.58. The first-order valence-corrected chi connectivity index (χ1v) is 10.8. The predicted molar refractivity (Wildman–Crippen MR) is 99.9 cm³/mol. The molecule has 2 aliphatic rings. The molecule has 2 aliphatic heterocycles. The number of nitrogens with one attached hydrogen (secondary N) is 1. The fraction of sp³-hybridized carbons (Fsp3) is 0.611. The van der Waals surface area contributed by atoms with Crippen molar-refractivity contribution in [3.63, 3.8) is 0 Å². The Kier molecular flexibility index (Phi) is 6.83. The SMILES string of the molecule is C[C@@H]([NH2+]C[C@@H]1CCCO1)C(=O)Nc1cccc(S(=O)(=O)N2CCOCC2)c1. The van der Waals surface area contributed by atoms with Crippen LogP contribution in [-0.2, 0) is 24.3 Å². The van der Waals surface area contributed by atoms with Gasteiger partial charge in [0.15, 0.2) is 6.04 Å². The first-order valence-electron chi connectivity index (χ1n) is 9.40. The summed E-state index contributed by atoms with van der Waals surface area (Å²) in [6.07, 6.45) is 2.32. The van der Waals surface area contributed by atoms with E-state index in [1.54, 1.807) is 18.2 Å². The van der Waals surface area contributed by atoms with Crippen LogP contribution in [-0.4, -0.2) is 70.2 Å². The average molecular weight is 399 g/mol. The molecule has 2 atom stereocenters. The molecule has 3 rings (SSSR count). The minimum absolute atomic E-state index is 0.158. The summed E-state index contributed by atoms with van der Waals surface area (Å²) >= 11 is 0. The number of nitrogens with zero attached hydrogens (tertiary/aromatic N) is 1. The van der Waals surface area contributed by atoms with Crippen LogP contribution in [0.15, 0.2) is 29.2 Å². The maximum absolute atomic E-state index is 12.7. The quantitative estimate of drug-likeness (QED) is 0.661. The highest BCUT2D eigenvalue weighted by atomic mass is 32.2. The van der Waals surface area contributed by atoms with Crippen LogP contribution in [0.2, 0.25) is 0 Å². The number of anilines is 1. The van der Waals surface area contributed by atoms with Gasteiger partial charge in [-0.3, -0.25) is 4.79 Å². The molecule has 150 valence electrons. The lowest BCUT2D eigenvalue weighted by Gasteiger charge is -2.26. The summed E-state index contributed by atoms with van der Waals surface area (Å²) in [5, 5.41) is 4.77. The number of hydrogen-bond donors (Lipinski definition) is 2. The predicted octanol–water partition coefficient (Wildman–Crippen LogP) is -0.223.